The summed E-state index contributed by atoms with van der Waals surface area (Å²) in [5.41, 5.74) is 0. The lowest BCUT2D eigenvalue weighted by molar-refractivity contribution is -0.146. The quantitative estimate of drug-likeness (QED) is 0.664. The molecule has 0 aliphatic heterocycles. The Bertz CT molecular complexity index is 341. The molecule has 4 atom stereocenters. The highest BCUT2D eigenvalue weighted by Gasteiger charge is 2.41. The Labute approximate surface area is 120 Å². The summed E-state index contributed by atoms with van der Waals surface area (Å²) in [6, 6.07) is 0. The zero-order valence-corrected chi connectivity index (χ0v) is 12.6. The maximum Gasteiger partial charge on any atom is 0.307 e. The van der Waals surface area contributed by atoms with E-state index in [0.29, 0.717) is 12.8 Å². The molecule has 20 heavy (non-hydrogen) atoms. The van der Waals surface area contributed by atoms with Gasteiger partial charge < -0.3 is 15.5 Å². The Morgan fingerprint density at radius 3 is 2.25 bits per heavy atom. The summed E-state index contributed by atoms with van der Waals surface area (Å²) in [6.45, 7) is 6.21. The average molecular weight is 285 g/mol. The summed E-state index contributed by atoms with van der Waals surface area (Å²) in [4.78, 5) is 23.3. The summed E-state index contributed by atoms with van der Waals surface area (Å²) in [6.07, 6.45) is 2.35. The van der Waals surface area contributed by atoms with Crippen molar-refractivity contribution in [2.24, 2.45) is 23.7 Å². The van der Waals surface area contributed by atoms with Crippen LogP contribution in [0.2, 0.25) is 0 Å². The molecule has 1 aliphatic carbocycles. The van der Waals surface area contributed by atoms with E-state index < -0.39 is 23.9 Å². The molecule has 5 nitrogen and oxygen atoms in total. The highest BCUT2D eigenvalue weighted by molar-refractivity contribution is 5.85. The van der Waals surface area contributed by atoms with E-state index in [1.807, 2.05) is 20.8 Å². The van der Waals surface area contributed by atoms with Gasteiger partial charge in [-0.15, -0.1) is 0 Å². The van der Waals surface area contributed by atoms with E-state index in [1.165, 1.54) is 0 Å². The van der Waals surface area contributed by atoms with Crippen LogP contribution in [0.1, 0.15) is 46.5 Å². The van der Waals surface area contributed by atoms with Gasteiger partial charge in [0.1, 0.15) is 0 Å². The van der Waals surface area contributed by atoms with Crippen LogP contribution in [0.4, 0.5) is 0 Å². The molecule has 0 aromatic heterocycles. The fraction of sp³-hybridized carbons (Fsp3) is 0.867. The maximum atomic E-state index is 12.1. The minimum atomic E-state index is -0.893. The van der Waals surface area contributed by atoms with E-state index in [2.05, 4.69) is 5.32 Å². The van der Waals surface area contributed by atoms with Gasteiger partial charge in [0.15, 0.2) is 0 Å². The van der Waals surface area contributed by atoms with Crippen LogP contribution in [0.3, 0.4) is 0 Å². The number of carboxylic acid groups (broad SMARTS) is 1. The first kappa shape index (κ1) is 17.0. The summed E-state index contributed by atoms with van der Waals surface area (Å²) >= 11 is 0. The number of carboxylic acids is 1. The van der Waals surface area contributed by atoms with E-state index in [0.717, 1.165) is 12.8 Å². The molecule has 2 unspecified atom stereocenters. The van der Waals surface area contributed by atoms with Crippen molar-refractivity contribution < 1.29 is 19.8 Å². The smallest absolute Gasteiger partial charge is 0.307 e. The summed E-state index contributed by atoms with van der Waals surface area (Å²) in [7, 11) is 0. The minimum absolute atomic E-state index is 0.174. The first-order valence-electron chi connectivity index (χ1n) is 7.59. The predicted molar refractivity (Wildman–Crippen MR) is 76.1 cm³/mol. The largest absolute Gasteiger partial charge is 0.481 e. The zero-order valence-electron chi connectivity index (χ0n) is 12.6. The Balaban J connectivity index is 2.52. The predicted octanol–water partition coefficient (Wildman–Crippen LogP) is 1.65. The van der Waals surface area contributed by atoms with Crippen molar-refractivity contribution in [2.45, 2.75) is 52.6 Å². The van der Waals surface area contributed by atoms with Gasteiger partial charge in [0.2, 0.25) is 5.91 Å². The number of aliphatic carboxylic acids is 1. The number of aliphatic hydroxyl groups is 1. The molecular weight excluding hydrogens is 258 g/mol. The van der Waals surface area contributed by atoms with Crippen LogP contribution >= 0.6 is 0 Å². The number of amides is 1. The van der Waals surface area contributed by atoms with Gasteiger partial charge in [0, 0.05) is 6.54 Å². The molecule has 0 spiro atoms. The van der Waals surface area contributed by atoms with Gasteiger partial charge in [0.25, 0.3) is 0 Å². The number of hydrogen-bond donors (Lipinski definition) is 3. The molecule has 0 aromatic carbocycles. The molecule has 116 valence electrons. The van der Waals surface area contributed by atoms with Gasteiger partial charge in [-0.25, -0.2) is 0 Å². The Kier molecular flexibility index (Phi) is 6.46. The molecule has 0 aromatic rings. The molecular formula is C15H27NO4. The van der Waals surface area contributed by atoms with Crippen molar-refractivity contribution in [3.05, 3.63) is 0 Å². The second-order valence-electron chi connectivity index (χ2n) is 6.02. The van der Waals surface area contributed by atoms with Gasteiger partial charge >= 0.3 is 5.97 Å². The number of hydrogen-bond acceptors (Lipinski definition) is 3. The molecule has 1 fully saturated rings. The number of carbonyl (C=O) groups excluding carboxylic acids is 1. The highest BCUT2D eigenvalue weighted by Crippen LogP contribution is 2.36. The van der Waals surface area contributed by atoms with Crippen molar-refractivity contribution in [2.75, 3.05) is 6.54 Å². The van der Waals surface area contributed by atoms with Crippen molar-refractivity contribution in [3.8, 4) is 0 Å². The van der Waals surface area contributed by atoms with E-state index in [4.69, 9.17) is 5.11 Å². The standard InChI is InChI=1S/C15H27NO4/c1-4-10(5-2)13(17)8-16-14(18)11-6-9(3)7-12(11)15(19)20/h9-13,17H,4-8H2,1-3H3,(H,16,18)(H,19,20)/t9?,11-,12+,13?/m0/s1. The minimum Gasteiger partial charge on any atom is -0.481 e. The fourth-order valence-electron chi connectivity index (χ4n) is 3.19. The lowest BCUT2D eigenvalue weighted by Crippen LogP contribution is -2.41. The first-order chi connectivity index (χ1) is 9.40. The topological polar surface area (TPSA) is 86.6 Å². The monoisotopic (exact) mass is 285 g/mol. The Hall–Kier alpha value is -1.10. The van der Waals surface area contributed by atoms with E-state index >= 15 is 0 Å². The molecule has 0 bridgehead atoms. The third-order valence-corrected chi connectivity index (χ3v) is 4.53. The highest BCUT2D eigenvalue weighted by atomic mass is 16.4. The van der Waals surface area contributed by atoms with Crippen LogP contribution in [-0.2, 0) is 9.59 Å². The van der Waals surface area contributed by atoms with Gasteiger partial charge in [-0.3, -0.25) is 9.59 Å². The normalized spacial score (nSPS) is 27.6. The number of rotatable bonds is 7. The molecule has 1 rings (SSSR count). The maximum absolute atomic E-state index is 12.1. The first-order valence-corrected chi connectivity index (χ1v) is 7.59. The van der Waals surface area contributed by atoms with Crippen LogP contribution in [0, 0.1) is 23.7 Å². The van der Waals surface area contributed by atoms with E-state index in [-0.39, 0.29) is 24.3 Å². The molecule has 0 heterocycles. The average Bonchev–Trinajstić information content (AvgIpc) is 2.79. The van der Waals surface area contributed by atoms with E-state index in [1.54, 1.807) is 0 Å². The van der Waals surface area contributed by atoms with Crippen LogP contribution in [-0.4, -0.2) is 34.7 Å². The molecule has 1 saturated carbocycles. The second-order valence-corrected chi connectivity index (χ2v) is 6.02. The lowest BCUT2D eigenvalue weighted by Gasteiger charge is -2.22. The number of nitrogens with one attached hydrogen (secondary N) is 1. The van der Waals surface area contributed by atoms with Crippen LogP contribution < -0.4 is 5.32 Å². The number of aliphatic hydroxyl groups excluding tert-OH is 1. The van der Waals surface area contributed by atoms with Crippen molar-refractivity contribution in [1.29, 1.82) is 0 Å². The van der Waals surface area contributed by atoms with Crippen molar-refractivity contribution in [3.63, 3.8) is 0 Å². The third kappa shape index (κ3) is 4.20. The summed E-state index contributed by atoms with van der Waals surface area (Å²) in [5.74, 6) is -1.74. The summed E-state index contributed by atoms with van der Waals surface area (Å²) in [5, 5.41) is 21.9. The fourth-order valence-corrected chi connectivity index (χ4v) is 3.19. The van der Waals surface area contributed by atoms with Gasteiger partial charge in [-0.05, 0) is 24.7 Å². The summed E-state index contributed by atoms with van der Waals surface area (Å²) < 4.78 is 0. The van der Waals surface area contributed by atoms with Gasteiger partial charge in [-0.2, -0.15) is 0 Å². The Morgan fingerprint density at radius 1 is 1.20 bits per heavy atom. The van der Waals surface area contributed by atoms with Crippen LogP contribution in [0.25, 0.3) is 0 Å². The molecule has 0 radical (unpaired) electrons. The molecule has 0 saturated heterocycles. The zero-order chi connectivity index (χ0) is 15.3. The lowest BCUT2D eigenvalue weighted by atomic mass is 9.94. The van der Waals surface area contributed by atoms with E-state index in [9.17, 15) is 14.7 Å². The van der Waals surface area contributed by atoms with Crippen molar-refractivity contribution >= 4 is 11.9 Å². The molecule has 3 N–H and O–H groups in total. The van der Waals surface area contributed by atoms with Crippen LogP contribution in [0.5, 0.6) is 0 Å². The van der Waals surface area contributed by atoms with Crippen molar-refractivity contribution in [1.82, 2.24) is 5.32 Å². The van der Waals surface area contributed by atoms with Gasteiger partial charge in [-0.1, -0.05) is 33.6 Å². The number of carbonyl (C=O) groups is 2. The second kappa shape index (κ2) is 7.62. The molecule has 1 aliphatic rings. The molecule has 1 amide bonds. The molecule has 5 heteroatoms. The van der Waals surface area contributed by atoms with Crippen LogP contribution in [0.15, 0.2) is 0 Å². The van der Waals surface area contributed by atoms with Gasteiger partial charge in [0.05, 0.1) is 17.9 Å². The third-order valence-electron chi connectivity index (χ3n) is 4.53. The Morgan fingerprint density at radius 2 is 1.75 bits per heavy atom. The SMILES string of the molecule is CCC(CC)C(O)CNC(=O)[C@H]1CC(C)C[C@H]1C(=O)O.